The van der Waals surface area contributed by atoms with Gasteiger partial charge in [-0.25, -0.2) is 9.97 Å². The maximum Gasteiger partial charge on any atom is 0.310 e. The summed E-state index contributed by atoms with van der Waals surface area (Å²) in [4.78, 5) is 20.3. The summed E-state index contributed by atoms with van der Waals surface area (Å²) in [5, 5.41) is 1.21. The van der Waals surface area contributed by atoms with Crippen LogP contribution in [0.5, 0.6) is 0 Å². The fourth-order valence-corrected chi connectivity index (χ4v) is 3.44. The molecule has 0 atom stereocenters. The smallest absolute Gasteiger partial charge is 0.310 e. The van der Waals surface area contributed by atoms with Crippen LogP contribution in [0, 0.1) is 0 Å². The number of benzene rings is 2. The first-order chi connectivity index (χ1) is 13.7. The topological polar surface area (TPSA) is 57.0 Å². The van der Waals surface area contributed by atoms with Crippen molar-refractivity contribution in [3.05, 3.63) is 77.8 Å². The Morgan fingerprint density at radius 2 is 1.82 bits per heavy atom. The fourth-order valence-electron chi connectivity index (χ4n) is 3.21. The van der Waals surface area contributed by atoms with Gasteiger partial charge in [-0.2, -0.15) is 0 Å². The van der Waals surface area contributed by atoms with E-state index in [0.717, 1.165) is 33.4 Å². The molecule has 0 amide bonds. The molecule has 0 N–H and O–H groups in total. The molecule has 0 spiro atoms. The Kier molecular flexibility index (Phi) is 5.08. The van der Waals surface area contributed by atoms with Gasteiger partial charge >= 0.3 is 5.97 Å². The van der Waals surface area contributed by atoms with Gasteiger partial charge in [0.25, 0.3) is 0 Å². The number of carbonyl (C=O) groups excluding carboxylic acids is 1. The summed E-state index contributed by atoms with van der Waals surface area (Å²) >= 11 is 6.42. The first-order valence-corrected chi connectivity index (χ1v) is 9.37. The monoisotopic (exact) mass is 391 g/mol. The van der Waals surface area contributed by atoms with Crippen LogP contribution in [-0.2, 0) is 16.0 Å². The molecule has 0 saturated carbocycles. The zero-order chi connectivity index (χ0) is 19.5. The number of halogens is 1. The molecule has 4 rings (SSSR count). The summed E-state index contributed by atoms with van der Waals surface area (Å²) in [6, 6.07) is 17.8. The standard InChI is InChI=1S/C22H18ClN3O2/c1-2-28-19(27)12-15-8-10-16(11-9-15)18-13-26(17-6-4-3-5-7-17)22-20(18)21(23)24-14-25-22/h3-11,13-14H,2,12H2,1H3. The number of rotatable bonds is 5. The number of ether oxygens (including phenoxy) is 1. The van der Waals surface area contributed by atoms with Crippen molar-refractivity contribution in [3.63, 3.8) is 0 Å². The number of hydrogen-bond acceptors (Lipinski definition) is 4. The van der Waals surface area contributed by atoms with Crippen LogP contribution in [0.3, 0.4) is 0 Å². The highest BCUT2D eigenvalue weighted by Crippen LogP contribution is 2.35. The summed E-state index contributed by atoms with van der Waals surface area (Å²) in [6.45, 7) is 2.18. The van der Waals surface area contributed by atoms with Crippen molar-refractivity contribution in [3.8, 4) is 16.8 Å². The van der Waals surface area contributed by atoms with Gasteiger partial charge in [-0.05, 0) is 30.2 Å². The lowest BCUT2D eigenvalue weighted by molar-refractivity contribution is -0.142. The average molecular weight is 392 g/mol. The van der Waals surface area contributed by atoms with Crippen molar-refractivity contribution < 1.29 is 9.53 Å². The molecule has 0 radical (unpaired) electrons. The Morgan fingerprint density at radius 1 is 1.07 bits per heavy atom. The molecular weight excluding hydrogens is 374 g/mol. The molecule has 0 saturated heterocycles. The molecule has 0 fully saturated rings. The Balaban J connectivity index is 1.78. The number of fused-ring (bicyclic) bond motifs is 1. The van der Waals surface area contributed by atoms with E-state index in [4.69, 9.17) is 16.3 Å². The van der Waals surface area contributed by atoms with E-state index in [0.29, 0.717) is 11.8 Å². The fraction of sp³-hybridized carbons (Fsp3) is 0.136. The third kappa shape index (κ3) is 3.49. The summed E-state index contributed by atoms with van der Waals surface area (Å²) in [5.41, 5.74) is 4.55. The number of aromatic nitrogens is 3. The van der Waals surface area contributed by atoms with Crippen LogP contribution in [0.4, 0.5) is 0 Å². The van der Waals surface area contributed by atoms with Gasteiger partial charge < -0.3 is 9.30 Å². The van der Waals surface area contributed by atoms with Gasteiger partial charge in [0.05, 0.1) is 18.4 Å². The number of esters is 1. The number of carbonyl (C=O) groups is 1. The van der Waals surface area contributed by atoms with Crippen molar-refractivity contribution in [2.45, 2.75) is 13.3 Å². The lowest BCUT2D eigenvalue weighted by atomic mass is 10.0. The van der Waals surface area contributed by atoms with Crippen LogP contribution >= 0.6 is 11.6 Å². The van der Waals surface area contributed by atoms with E-state index in [1.807, 2.05) is 65.4 Å². The number of para-hydroxylation sites is 1. The Labute approximate surface area is 167 Å². The van der Waals surface area contributed by atoms with Gasteiger partial charge in [-0.15, -0.1) is 0 Å². The molecular formula is C22H18ClN3O2. The molecule has 6 heteroatoms. The highest BCUT2D eigenvalue weighted by Gasteiger charge is 2.16. The molecule has 2 aromatic carbocycles. The minimum atomic E-state index is -0.229. The molecule has 140 valence electrons. The van der Waals surface area contributed by atoms with Crippen LogP contribution in [0.25, 0.3) is 27.8 Å². The van der Waals surface area contributed by atoms with E-state index in [1.54, 1.807) is 6.92 Å². The van der Waals surface area contributed by atoms with E-state index in [2.05, 4.69) is 9.97 Å². The molecule has 5 nitrogen and oxygen atoms in total. The van der Waals surface area contributed by atoms with Crippen molar-refractivity contribution in [2.24, 2.45) is 0 Å². The maximum absolute atomic E-state index is 11.7. The minimum absolute atomic E-state index is 0.229. The molecule has 0 unspecified atom stereocenters. The minimum Gasteiger partial charge on any atom is -0.466 e. The molecule has 4 aromatic rings. The molecule has 0 aliphatic carbocycles. The Morgan fingerprint density at radius 3 is 2.54 bits per heavy atom. The molecule has 0 aliphatic rings. The highest BCUT2D eigenvalue weighted by molar-refractivity contribution is 6.35. The predicted molar refractivity (Wildman–Crippen MR) is 110 cm³/mol. The van der Waals surface area contributed by atoms with Gasteiger partial charge in [0.2, 0.25) is 0 Å². The first-order valence-electron chi connectivity index (χ1n) is 8.99. The third-order valence-electron chi connectivity index (χ3n) is 4.49. The summed E-state index contributed by atoms with van der Waals surface area (Å²) in [5.74, 6) is -0.229. The van der Waals surface area contributed by atoms with Crippen molar-refractivity contribution in [1.82, 2.24) is 14.5 Å². The number of hydrogen-bond donors (Lipinski definition) is 0. The third-order valence-corrected chi connectivity index (χ3v) is 4.78. The van der Waals surface area contributed by atoms with Gasteiger partial charge in [-0.3, -0.25) is 4.79 Å². The van der Waals surface area contributed by atoms with E-state index >= 15 is 0 Å². The van der Waals surface area contributed by atoms with Crippen molar-refractivity contribution >= 4 is 28.6 Å². The predicted octanol–water partition coefficient (Wildman–Crippen LogP) is 4.85. The summed E-state index contributed by atoms with van der Waals surface area (Å²) in [6.07, 6.45) is 3.74. The van der Waals surface area contributed by atoms with Crippen LogP contribution in [0.2, 0.25) is 5.15 Å². The zero-order valence-electron chi connectivity index (χ0n) is 15.3. The average Bonchev–Trinajstić information content (AvgIpc) is 3.10. The van der Waals surface area contributed by atoms with Crippen LogP contribution < -0.4 is 0 Å². The summed E-state index contributed by atoms with van der Waals surface area (Å²) in [7, 11) is 0. The lowest BCUT2D eigenvalue weighted by Crippen LogP contribution is -2.07. The van der Waals surface area contributed by atoms with Crippen molar-refractivity contribution in [2.75, 3.05) is 6.61 Å². The maximum atomic E-state index is 11.7. The number of nitrogens with zero attached hydrogens (tertiary/aromatic N) is 3. The van der Waals surface area contributed by atoms with Gasteiger partial charge in [0, 0.05) is 17.4 Å². The molecule has 0 bridgehead atoms. The second-order valence-electron chi connectivity index (χ2n) is 6.29. The van der Waals surface area contributed by atoms with Gasteiger partial charge in [0.15, 0.2) is 0 Å². The SMILES string of the molecule is CCOC(=O)Cc1ccc(-c2cn(-c3ccccc3)c3ncnc(Cl)c23)cc1. The van der Waals surface area contributed by atoms with E-state index < -0.39 is 0 Å². The second kappa shape index (κ2) is 7.82. The Hall–Kier alpha value is -3.18. The molecule has 28 heavy (non-hydrogen) atoms. The quantitative estimate of drug-likeness (QED) is 0.360. The summed E-state index contributed by atoms with van der Waals surface area (Å²) < 4.78 is 7.01. The molecule has 2 aromatic heterocycles. The van der Waals surface area contributed by atoms with Crippen LogP contribution in [0.1, 0.15) is 12.5 Å². The Bertz CT molecular complexity index is 1120. The molecule has 2 heterocycles. The van der Waals surface area contributed by atoms with Crippen LogP contribution in [-0.4, -0.2) is 27.1 Å². The van der Waals surface area contributed by atoms with Crippen molar-refractivity contribution in [1.29, 1.82) is 0 Å². The van der Waals surface area contributed by atoms with E-state index in [-0.39, 0.29) is 12.4 Å². The molecule has 0 aliphatic heterocycles. The largest absolute Gasteiger partial charge is 0.466 e. The highest BCUT2D eigenvalue weighted by atomic mass is 35.5. The van der Waals surface area contributed by atoms with Crippen LogP contribution in [0.15, 0.2) is 67.1 Å². The normalized spacial score (nSPS) is 10.9. The second-order valence-corrected chi connectivity index (χ2v) is 6.65. The van der Waals surface area contributed by atoms with E-state index in [9.17, 15) is 4.79 Å². The van der Waals surface area contributed by atoms with Gasteiger partial charge in [-0.1, -0.05) is 54.1 Å². The van der Waals surface area contributed by atoms with E-state index in [1.165, 1.54) is 6.33 Å². The zero-order valence-corrected chi connectivity index (χ0v) is 16.1. The first kappa shape index (κ1) is 18.2. The van der Waals surface area contributed by atoms with Gasteiger partial charge in [0.1, 0.15) is 17.1 Å². The lowest BCUT2D eigenvalue weighted by Gasteiger charge is -2.04.